The number of anilines is 3. The van der Waals surface area contributed by atoms with E-state index in [2.05, 4.69) is 43.5 Å². The van der Waals surface area contributed by atoms with Gasteiger partial charge in [-0.2, -0.15) is 4.98 Å². The summed E-state index contributed by atoms with van der Waals surface area (Å²) in [6.45, 7) is 4.62. The zero-order valence-electron chi connectivity index (χ0n) is 19.4. The highest BCUT2D eigenvalue weighted by molar-refractivity contribution is 6.04. The Labute approximate surface area is 198 Å². The lowest BCUT2D eigenvalue weighted by Crippen LogP contribution is -2.52. The number of nitrogens with zero attached hydrogens (tertiary/aromatic N) is 6. The van der Waals surface area contributed by atoms with Crippen LogP contribution in [0.25, 0.3) is 11.0 Å². The molecule has 1 spiro atoms. The predicted molar refractivity (Wildman–Crippen MR) is 130 cm³/mol. The van der Waals surface area contributed by atoms with E-state index in [0.29, 0.717) is 35.0 Å². The minimum Gasteiger partial charge on any atom is -0.505 e. The van der Waals surface area contributed by atoms with E-state index in [1.54, 1.807) is 6.20 Å². The molecular formula is C24H30N8O2. The maximum Gasteiger partial charge on any atom is 0.271 e. The van der Waals surface area contributed by atoms with Crippen LogP contribution in [0.5, 0.6) is 5.75 Å². The van der Waals surface area contributed by atoms with Gasteiger partial charge in [0, 0.05) is 38.9 Å². The van der Waals surface area contributed by atoms with E-state index in [1.807, 2.05) is 16.8 Å². The molecule has 1 saturated carbocycles. The quantitative estimate of drug-likeness (QED) is 0.544. The fourth-order valence-corrected chi connectivity index (χ4v) is 5.62. The van der Waals surface area contributed by atoms with E-state index in [9.17, 15) is 9.90 Å². The molecule has 0 bridgehead atoms. The summed E-state index contributed by atoms with van der Waals surface area (Å²) in [7, 11) is 2.14. The van der Waals surface area contributed by atoms with Crippen molar-refractivity contribution >= 4 is 34.4 Å². The number of hydrogen-bond donors (Lipinski definition) is 3. The van der Waals surface area contributed by atoms with E-state index >= 15 is 0 Å². The van der Waals surface area contributed by atoms with Crippen LogP contribution in [0.15, 0.2) is 24.5 Å². The molecule has 10 nitrogen and oxygen atoms in total. The number of likely N-dealkylation sites (N-methyl/N-ethyl adjacent to an activating group) is 1. The van der Waals surface area contributed by atoms with Crippen molar-refractivity contribution in [1.29, 1.82) is 0 Å². The molecule has 3 aliphatic rings. The van der Waals surface area contributed by atoms with Gasteiger partial charge in [-0.25, -0.2) is 9.97 Å². The summed E-state index contributed by atoms with van der Waals surface area (Å²) in [6.07, 6.45) is 8.74. The third-order valence-corrected chi connectivity index (χ3v) is 7.59. The van der Waals surface area contributed by atoms with Crippen molar-refractivity contribution in [2.75, 3.05) is 50.0 Å². The zero-order chi connectivity index (χ0) is 23.3. The van der Waals surface area contributed by atoms with Crippen LogP contribution in [0.2, 0.25) is 0 Å². The van der Waals surface area contributed by atoms with Gasteiger partial charge in [-0.05, 0) is 32.0 Å². The molecule has 3 aromatic heterocycles. The van der Waals surface area contributed by atoms with Crippen molar-refractivity contribution in [3.05, 3.63) is 30.2 Å². The second kappa shape index (κ2) is 8.12. The molecule has 3 N–H and O–H groups in total. The zero-order valence-corrected chi connectivity index (χ0v) is 19.4. The Morgan fingerprint density at radius 3 is 2.59 bits per heavy atom. The molecule has 1 amide bonds. The van der Waals surface area contributed by atoms with E-state index < -0.39 is 0 Å². The number of amides is 1. The summed E-state index contributed by atoms with van der Waals surface area (Å²) in [5.41, 5.74) is 1.74. The molecule has 0 unspecified atom stereocenters. The van der Waals surface area contributed by atoms with Gasteiger partial charge in [0.15, 0.2) is 17.1 Å². The fourth-order valence-electron chi connectivity index (χ4n) is 5.62. The number of fused-ring (bicyclic) bond motifs is 4. The number of carbonyl (C=O) groups is 1. The minimum absolute atomic E-state index is 0.0432. The van der Waals surface area contributed by atoms with E-state index in [0.717, 1.165) is 57.5 Å². The first-order valence-electron chi connectivity index (χ1n) is 12.1. The lowest BCUT2D eigenvalue weighted by Gasteiger charge is -2.42. The Bertz CT molecular complexity index is 1220. The molecule has 3 aromatic rings. The van der Waals surface area contributed by atoms with Gasteiger partial charge in [-0.15, -0.1) is 0 Å². The summed E-state index contributed by atoms with van der Waals surface area (Å²) in [4.78, 5) is 31.1. The first-order chi connectivity index (χ1) is 16.5. The summed E-state index contributed by atoms with van der Waals surface area (Å²) >= 11 is 0. The average molecular weight is 463 g/mol. The normalized spacial score (nSPS) is 20.4. The molecule has 34 heavy (non-hydrogen) atoms. The molecular weight excluding hydrogens is 432 g/mol. The molecule has 5 heterocycles. The van der Waals surface area contributed by atoms with Gasteiger partial charge in [-0.3, -0.25) is 4.79 Å². The number of pyridine rings is 1. The van der Waals surface area contributed by atoms with Crippen LogP contribution in [0.3, 0.4) is 0 Å². The van der Waals surface area contributed by atoms with Crippen LogP contribution >= 0.6 is 0 Å². The maximum absolute atomic E-state index is 12.7. The molecule has 1 saturated heterocycles. The second-order valence-electron chi connectivity index (χ2n) is 9.75. The van der Waals surface area contributed by atoms with E-state index in [4.69, 9.17) is 4.98 Å². The Kier molecular flexibility index (Phi) is 5.05. The topological polar surface area (TPSA) is 111 Å². The fraction of sp³-hybridized carbons (Fsp3) is 0.500. The molecule has 0 radical (unpaired) electrons. The third-order valence-electron chi connectivity index (χ3n) is 7.59. The van der Waals surface area contributed by atoms with Crippen LogP contribution in [0, 0.1) is 0 Å². The lowest BCUT2D eigenvalue weighted by molar-refractivity contribution is 0.0828. The van der Waals surface area contributed by atoms with Gasteiger partial charge < -0.3 is 30.1 Å². The molecule has 0 aromatic carbocycles. The van der Waals surface area contributed by atoms with Crippen molar-refractivity contribution in [3.63, 3.8) is 0 Å². The highest BCUT2D eigenvalue weighted by atomic mass is 16.3. The van der Waals surface area contributed by atoms with Crippen molar-refractivity contribution in [2.24, 2.45) is 0 Å². The minimum atomic E-state index is -0.262. The van der Waals surface area contributed by atoms with Gasteiger partial charge in [0.05, 0.1) is 22.8 Å². The highest BCUT2D eigenvalue weighted by Crippen LogP contribution is 2.44. The SMILES string of the molecule is CN1CCN(c2ccc(Nc3ncc4c(O)c5n(c4n3)C3(CCCCC3)CNC5=O)nc2)CC1. The number of aromatic hydroxyl groups is 1. The van der Waals surface area contributed by atoms with Crippen molar-refractivity contribution < 1.29 is 9.90 Å². The van der Waals surface area contributed by atoms with Gasteiger partial charge in [0.25, 0.3) is 5.91 Å². The smallest absolute Gasteiger partial charge is 0.271 e. The van der Waals surface area contributed by atoms with Crippen LogP contribution in [0.1, 0.15) is 42.6 Å². The van der Waals surface area contributed by atoms with Crippen LogP contribution in [-0.2, 0) is 5.54 Å². The van der Waals surface area contributed by atoms with Crippen LogP contribution in [-0.4, -0.2) is 75.2 Å². The average Bonchev–Trinajstić information content (AvgIpc) is 3.17. The van der Waals surface area contributed by atoms with Crippen LogP contribution in [0.4, 0.5) is 17.5 Å². The number of aromatic nitrogens is 4. The van der Waals surface area contributed by atoms with Gasteiger partial charge >= 0.3 is 0 Å². The van der Waals surface area contributed by atoms with Gasteiger partial charge in [-0.1, -0.05) is 19.3 Å². The van der Waals surface area contributed by atoms with E-state index in [1.165, 1.54) is 6.42 Å². The predicted octanol–water partition coefficient (Wildman–Crippen LogP) is 2.43. The maximum atomic E-state index is 12.7. The molecule has 0 atom stereocenters. The first-order valence-corrected chi connectivity index (χ1v) is 12.1. The Morgan fingerprint density at radius 2 is 1.85 bits per heavy atom. The van der Waals surface area contributed by atoms with Crippen molar-refractivity contribution in [3.8, 4) is 5.75 Å². The summed E-state index contributed by atoms with van der Waals surface area (Å²) in [5.74, 6) is 0.738. The lowest BCUT2D eigenvalue weighted by atomic mass is 9.80. The van der Waals surface area contributed by atoms with Crippen molar-refractivity contribution in [2.45, 2.75) is 37.6 Å². The molecule has 1 aliphatic carbocycles. The first kappa shape index (κ1) is 21.2. The number of hydrogen-bond acceptors (Lipinski definition) is 8. The molecule has 10 heteroatoms. The van der Waals surface area contributed by atoms with Crippen molar-refractivity contribution in [1.82, 2.24) is 29.7 Å². The Balaban J connectivity index is 1.32. The number of piperazine rings is 1. The van der Waals surface area contributed by atoms with Crippen LogP contribution < -0.4 is 15.5 Å². The van der Waals surface area contributed by atoms with Gasteiger partial charge in [0.2, 0.25) is 5.95 Å². The van der Waals surface area contributed by atoms with E-state index in [-0.39, 0.29) is 17.2 Å². The summed E-state index contributed by atoms with van der Waals surface area (Å²) < 4.78 is 1.98. The second-order valence-corrected chi connectivity index (χ2v) is 9.75. The highest BCUT2D eigenvalue weighted by Gasteiger charge is 2.43. The van der Waals surface area contributed by atoms with Gasteiger partial charge in [0.1, 0.15) is 5.82 Å². The number of rotatable bonds is 3. The standard InChI is InChI=1S/C24H30N8O2/c1-30-9-11-31(12-10-30)16-5-6-18(25-13-16)28-23-26-14-17-20(33)19-22(34)27-15-24(7-3-2-4-8-24)32(19)21(17)29-23/h5-6,13-14,33H,2-4,7-12,15H2,1H3,(H,27,34)(H,25,26,28,29). The Hall–Kier alpha value is -3.40. The molecule has 2 aliphatic heterocycles. The molecule has 6 rings (SSSR count). The largest absolute Gasteiger partial charge is 0.505 e. The molecule has 2 fully saturated rings. The summed E-state index contributed by atoms with van der Waals surface area (Å²) in [6, 6.07) is 3.99. The number of nitrogens with one attached hydrogen (secondary N) is 2. The Morgan fingerprint density at radius 1 is 1.06 bits per heavy atom. The monoisotopic (exact) mass is 462 g/mol. The summed E-state index contributed by atoms with van der Waals surface area (Å²) in [5, 5.41) is 17.6. The third kappa shape index (κ3) is 3.44. The number of carbonyl (C=O) groups excluding carboxylic acids is 1. The molecule has 178 valence electrons.